The van der Waals surface area contributed by atoms with Gasteiger partial charge < -0.3 is 10.1 Å². The highest BCUT2D eigenvalue weighted by molar-refractivity contribution is 6.32. The Labute approximate surface area is 141 Å². The van der Waals surface area contributed by atoms with Crippen molar-refractivity contribution in [1.82, 2.24) is 5.32 Å². The summed E-state index contributed by atoms with van der Waals surface area (Å²) in [5, 5.41) is 2.74. The maximum Gasteiger partial charge on any atom is 0.416 e. The van der Waals surface area contributed by atoms with E-state index < -0.39 is 29.7 Å². The largest absolute Gasteiger partial charge is 0.449 e. The normalized spacial score (nSPS) is 16.0. The van der Waals surface area contributed by atoms with Crippen molar-refractivity contribution < 1.29 is 27.5 Å². The van der Waals surface area contributed by atoms with Crippen molar-refractivity contribution >= 4 is 29.6 Å². The number of benzene rings is 1. The second-order valence-corrected chi connectivity index (χ2v) is 5.84. The van der Waals surface area contributed by atoms with Gasteiger partial charge in [-0.25, -0.2) is 4.79 Å². The van der Waals surface area contributed by atoms with Crippen LogP contribution in [0.2, 0.25) is 5.02 Å². The van der Waals surface area contributed by atoms with Gasteiger partial charge in [-0.2, -0.15) is 13.2 Å². The van der Waals surface area contributed by atoms with Gasteiger partial charge in [-0.1, -0.05) is 11.6 Å². The number of amides is 1. The quantitative estimate of drug-likeness (QED) is 0.644. The summed E-state index contributed by atoms with van der Waals surface area (Å²) in [5.41, 5.74) is -0.851. The van der Waals surface area contributed by atoms with Crippen LogP contribution in [-0.4, -0.2) is 24.0 Å². The number of alkyl halides is 3. The predicted octanol–water partition coefficient (Wildman–Crippen LogP) is 3.58. The Morgan fingerprint density at radius 1 is 1.38 bits per heavy atom. The van der Waals surface area contributed by atoms with E-state index in [4.69, 9.17) is 16.3 Å². The lowest BCUT2D eigenvalue weighted by molar-refractivity contribution is -0.150. The Kier molecular flexibility index (Phi) is 5.54. The minimum Gasteiger partial charge on any atom is -0.449 e. The topological polar surface area (TPSA) is 55.4 Å². The molecule has 1 fully saturated rings. The molecule has 2 rings (SSSR count). The first-order valence-corrected chi connectivity index (χ1v) is 7.60. The Morgan fingerprint density at radius 2 is 2.04 bits per heavy atom. The molecule has 1 aromatic carbocycles. The van der Waals surface area contributed by atoms with E-state index in [2.05, 4.69) is 5.32 Å². The van der Waals surface area contributed by atoms with Gasteiger partial charge in [0.2, 0.25) is 0 Å². The molecule has 1 amide bonds. The Hall–Kier alpha value is -2.02. The highest BCUT2D eigenvalue weighted by atomic mass is 35.5. The summed E-state index contributed by atoms with van der Waals surface area (Å²) in [4.78, 5) is 23.3. The van der Waals surface area contributed by atoms with Crippen LogP contribution in [0, 0.1) is 0 Å². The van der Waals surface area contributed by atoms with E-state index in [-0.39, 0.29) is 16.6 Å². The summed E-state index contributed by atoms with van der Waals surface area (Å²) < 4.78 is 42.9. The summed E-state index contributed by atoms with van der Waals surface area (Å²) in [7, 11) is 0. The van der Waals surface area contributed by atoms with E-state index in [0.29, 0.717) is 0 Å². The third-order valence-electron chi connectivity index (χ3n) is 3.31. The summed E-state index contributed by atoms with van der Waals surface area (Å²) in [5.74, 6) is -1.25. The zero-order valence-corrected chi connectivity index (χ0v) is 13.4. The van der Waals surface area contributed by atoms with Crippen LogP contribution in [0.5, 0.6) is 0 Å². The van der Waals surface area contributed by atoms with Crippen LogP contribution in [0.25, 0.3) is 6.08 Å². The van der Waals surface area contributed by atoms with Crippen LogP contribution in [0.4, 0.5) is 13.2 Å². The fraction of sp³-hybridized carbons (Fsp3) is 0.375. The monoisotopic (exact) mass is 361 g/mol. The molecule has 0 heterocycles. The zero-order valence-electron chi connectivity index (χ0n) is 12.7. The second-order valence-electron chi connectivity index (χ2n) is 5.43. The number of hydrogen-bond acceptors (Lipinski definition) is 3. The molecule has 130 valence electrons. The van der Waals surface area contributed by atoms with Crippen molar-refractivity contribution in [2.75, 3.05) is 0 Å². The molecule has 1 aliphatic rings. The molecular weight excluding hydrogens is 347 g/mol. The fourth-order valence-corrected chi connectivity index (χ4v) is 2.00. The third kappa shape index (κ3) is 5.26. The number of esters is 1. The molecule has 1 saturated carbocycles. The number of hydrogen-bond donors (Lipinski definition) is 1. The number of nitrogens with one attached hydrogen (secondary N) is 1. The van der Waals surface area contributed by atoms with Crippen LogP contribution < -0.4 is 5.32 Å². The molecule has 0 aromatic heterocycles. The summed E-state index contributed by atoms with van der Waals surface area (Å²) >= 11 is 5.82. The summed E-state index contributed by atoms with van der Waals surface area (Å²) in [6.07, 6.45) is -1.64. The molecule has 1 aliphatic carbocycles. The van der Waals surface area contributed by atoms with Crippen molar-refractivity contribution in [2.24, 2.45) is 0 Å². The molecule has 0 spiro atoms. The lowest BCUT2D eigenvalue weighted by Gasteiger charge is -2.11. The first-order valence-electron chi connectivity index (χ1n) is 7.22. The fourth-order valence-electron chi connectivity index (χ4n) is 1.82. The highest BCUT2D eigenvalue weighted by Gasteiger charge is 2.30. The van der Waals surface area contributed by atoms with Crippen molar-refractivity contribution in [3.63, 3.8) is 0 Å². The average molecular weight is 362 g/mol. The zero-order chi connectivity index (χ0) is 17.9. The summed E-state index contributed by atoms with van der Waals surface area (Å²) in [6, 6.07) is 2.91. The lowest BCUT2D eigenvalue weighted by atomic mass is 10.1. The molecule has 1 atom stereocenters. The van der Waals surface area contributed by atoms with Gasteiger partial charge in [-0.05, 0) is 49.6 Å². The van der Waals surface area contributed by atoms with Gasteiger partial charge in [-0.3, -0.25) is 4.79 Å². The van der Waals surface area contributed by atoms with Gasteiger partial charge in [0, 0.05) is 17.1 Å². The van der Waals surface area contributed by atoms with E-state index in [1.165, 1.54) is 6.92 Å². The molecule has 8 heteroatoms. The van der Waals surface area contributed by atoms with E-state index in [0.717, 1.165) is 43.2 Å². The predicted molar refractivity (Wildman–Crippen MR) is 82.2 cm³/mol. The smallest absolute Gasteiger partial charge is 0.416 e. The van der Waals surface area contributed by atoms with Gasteiger partial charge in [-0.15, -0.1) is 0 Å². The third-order valence-corrected chi connectivity index (χ3v) is 3.65. The van der Waals surface area contributed by atoms with Crippen molar-refractivity contribution in [3.05, 3.63) is 40.4 Å². The average Bonchev–Trinajstić information content (AvgIpc) is 3.29. The first kappa shape index (κ1) is 18.3. The van der Waals surface area contributed by atoms with Crippen LogP contribution >= 0.6 is 11.6 Å². The Balaban J connectivity index is 1.99. The minimum absolute atomic E-state index is 0.0264. The van der Waals surface area contributed by atoms with Crippen molar-refractivity contribution in [2.45, 2.75) is 38.1 Å². The van der Waals surface area contributed by atoms with Gasteiger partial charge >= 0.3 is 12.1 Å². The second kappa shape index (κ2) is 7.25. The van der Waals surface area contributed by atoms with Crippen molar-refractivity contribution in [1.29, 1.82) is 0 Å². The number of carbonyl (C=O) groups is 2. The van der Waals surface area contributed by atoms with Gasteiger partial charge in [0.25, 0.3) is 5.91 Å². The minimum atomic E-state index is -4.51. The Bertz CT molecular complexity index is 669. The number of carbonyl (C=O) groups excluding carboxylic acids is 2. The molecular formula is C16H15ClF3NO3. The molecule has 0 radical (unpaired) electrons. The number of rotatable bonds is 5. The van der Waals surface area contributed by atoms with Crippen molar-refractivity contribution in [3.8, 4) is 0 Å². The molecule has 1 aromatic rings. The number of ether oxygens (including phenoxy) is 1. The highest BCUT2D eigenvalue weighted by Crippen LogP contribution is 2.32. The van der Waals surface area contributed by atoms with Gasteiger partial charge in [0.05, 0.1) is 5.56 Å². The van der Waals surface area contributed by atoms with E-state index >= 15 is 0 Å². The first-order chi connectivity index (χ1) is 11.2. The molecule has 0 aliphatic heterocycles. The molecule has 0 saturated heterocycles. The maximum absolute atomic E-state index is 12.7. The number of halogens is 4. The molecule has 24 heavy (non-hydrogen) atoms. The van der Waals surface area contributed by atoms with Gasteiger partial charge in [0.1, 0.15) is 0 Å². The molecule has 4 nitrogen and oxygen atoms in total. The standard InChI is InChI=1S/C16H15ClF3NO3/c1-9(15(23)21-12-4-5-12)24-14(22)7-2-10-8-11(16(18,19)20)3-6-13(10)17/h2-3,6-9,12H,4-5H2,1H3,(H,21,23)/b7-2+/t9-/m0/s1. The molecule has 0 bridgehead atoms. The maximum atomic E-state index is 12.7. The van der Waals surface area contributed by atoms with Crippen LogP contribution in [0.15, 0.2) is 24.3 Å². The SMILES string of the molecule is C[C@H](OC(=O)/C=C/c1cc(C(F)(F)F)ccc1Cl)C(=O)NC1CC1. The van der Waals surface area contributed by atoms with Gasteiger partial charge in [0.15, 0.2) is 6.10 Å². The molecule has 0 unspecified atom stereocenters. The van der Waals surface area contributed by atoms with E-state index in [1.807, 2.05) is 0 Å². The van der Waals surface area contributed by atoms with Crippen LogP contribution in [-0.2, 0) is 20.5 Å². The molecule has 1 N–H and O–H groups in total. The Morgan fingerprint density at radius 3 is 2.62 bits per heavy atom. The van der Waals surface area contributed by atoms with Crippen LogP contribution in [0.3, 0.4) is 0 Å². The summed E-state index contributed by atoms with van der Waals surface area (Å²) in [6.45, 7) is 1.42. The van der Waals surface area contributed by atoms with Crippen LogP contribution in [0.1, 0.15) is 30.9 Å². The lowest BCUT2D eigenvalue weighted by Crippen LogP contribution is -2.36. The van der Waals surface area contributed by atoms with E-state index in [9.17, 15) is 22.8 Å². The van der Waals surface area contributed by atoms with E-state index in [1.54, 1.807) is 0 Å².